The Bertz CT molecular complexity index is 545. The predicted molar refractivity (Wildman–Crippen MR) is 59.9 cm³/mol. The van der Waals surface area contributed by atoms with Crippen LogP contribution in [0.2, 0.25) is 0 Å². The number of hydrogen-bond donors (Lipinski definition) is 1. The number of hydrogen-bond acceptors (Lipinski definition) is 4. The van der Waals surface area contributed by atoms with E-state index < -0.39 is 5.97 Å². The predicted octanol–water partition coefficient (Wildman–Crippen LogP) is 2.93. The van der Waals surface area contributed by atoms with Gasteiger partial charge >= 0.3 is 5.97 Å². The Morgan fingerprint density at radius 1 is 1.35 bits per heavy atom. The number of carbonyl (C=O) groups is 1. The van der Waals surface area contributed by atoms with Gasteiger partial charge < -0.3 is 13.9 Å². The summed E-state index contributed by atoms with van der Waals surface area (Å²) < 4.78 is 10.7. The normalized spacial score (nSPS) is 11.7. The van der Waals surface area contributed by atoms with Gasteiger partial charge in [-0.2, -0.15) is 0 Å². The van der Waals surface area contributed by atoms with Crippen LogP contribution in [-0.4, -0.2) is 16.1 Å². The minimum absolute atomic E-state index is 0.0914. The maximum absolute atomic E-state index is 10.7. The third-order valence-electron chi connectivity index (χ3n) is 2.24. The van der Waals surface area contributed by atoms with Gasteiger partial charge in [0.25, 0.3) is 0 Å². The van der Waals surface area contributed by atoms with Crippen LogP contribution in [0.3, 0.4) is 0 Å². The van der Waals surface area contributed by atoms with Crippen molar-refractivity contribution in [1.82, 2.24) is 4.98 Å². The Morgan fingerprint density at radius 3 is 2.53 bits per heavy atom. The third kappa shape index (κ3) is 2.22. The van der Waals surface area contributed by atoms with Crippen molar-refractivity contribution in [3.05, 3.63) is 30.0 Å². The van der Waals surface area contributed by atoms with Crippen LogP contribution in [0.25, 0.3) is 11.5 Å². The van der Waals surface area contributed by atoms with Gasteiger partial charge in [-0.3, -0.25) is 0 Å². The smallest absolute Gasteiger partial charge is 0.338 e. The maximum Gasteiger partial charge on any atom is 0.338 e. The quantitative estimate of drug-likeness (QED) is 0.865. The fourth-order valence-electron chi connectivity index (χ4n) is 1.31. The van der Waals surface area contributed by atoms with E-state index in [2.05, 4.69) is 4.98 Å². The average Bonchev–Trinajstić information content (AvgIpc) is 2.85. The highest BCUT2D eigenvalue weighted by molar-refractivity contribution is 5.88. The molecule has 17 heavy (non-hydrogen) atoms. The van der Waals surface area contributed by atoms with Gasteiger partial charge in [-0.1, -0.05) is 20.8 Å². The van der Waals surface area contributed by atoms with E-state index >= 15 is 0 Å². The van der Waals surface area contributed by atoms with Gasteiger partial charge in [-0.15, -0.1) is 0 Å². The lowest BCUT2D eigenvalue weighted by Crippen LogP contribution is -2.10. The molecule has 2 heterocycles. The second-order valence-electron chi connectivity index (χ2n) is 4.78. The summed E-state index contributed by atoms with van der Waals surface area (Å²) >= 11 is 0. The summed E-state index contributed by atoms with van der Waals surface area (Å²) in [5, 5.41) is 8.77. The first-order valence-corrected chi connectivity index (χ1v) is 5.16. The average molecular weight is 235 g/mol. The van der Waals surface area contributed by atoms with Gasteiger partial charge in [-0.05, 0) is 0 Å². The Kier molecular flexibility index (Phi) is 2.53. The molecule has 0 aliphatic rings. The minimum atomic E-state index is -1.03. The molecule has 0 bridgehead atoms. The molecule has 0 amide bonds. The third-order valence-corrected chi connectivity index (χ3v) is 2.24. The molecule has 0 spiro atoms. The first-order chi connectivity index (χ1) is 7.88. The van der Waals surface area contributed by atoms with Crippen LogP contribution in [0.15, 0.2) is 27.4 Å². The van der Waals surface area contributed by atoms with Crippen molar-refractivity contribution in [2.45, 2.75) is 26.2 Å². The summed E-state index contributed by atoms with van der Waals surface area (Å²) in [5.41, 5.74) is -0.103. The zero-order chi connectivity index (χ0) is 12.6. The molecule has 0 saturated carbocycles. The van der Waals surface area contributed by atoms with Gasteiger partial charge in [0.05, 0.1) is 11.8 Å². The molecular weight excluding hydrogens is 222 g/mol. The van der Waals surface area contributed by atoms with Crippen LogP contribution >= 0.6 is 0 Å². The van der Waals surface area contributed by atoms with Gasteiger partial charge in [0, 0.05) is 11.5 Å². The number of rotatable bonds is 2. The highest BCUT2D eigenvalue weighted by Crippen LogP contribution is 2.28. The highest BCUT2D eigenvalue weighted by Gasteiger charge is 2.22. The standard InChI is InChI=1S/C12H13NO4/c1-12(2,3)11-13-5-9(17-11)8-4-7(6-16-8)10(14)15/h4-6H,1-3H3,(H,14,15). The van der Waals surface area contributed by atoms with E-state index in [9.17, 15) is 4.79 Å². The van der Waals surface area contributed by atoms with E-state index in [4.69, 9.17) is 13.9 Å². The summed E-state index contributed by atoms with van der Waals surface area (Å²) in [4.78, 5) is 14.8. The molecule has 0 fully saturated rings. The second kappa shape index (κ2) is 3.76. The Balaban J connectivity index is 2.34. The first kappa shape index (κ1) is 11.4. The van der Waals surface area contributed by atoms with Crippen molar-refractivity contribution < 1.29 is 18.7 Å². The minimum Gasteiger partial charge on any atom is -0.478 e. The summed E-state index contributed by atoms with van der Waals surface area (Å²) in [6.45, 7) is 5.94. The van der Waals surface area contributed by atoms with Crippen LogP contribution < -0.4 is 0 Å². The lowest BCUT2D eigenvalue weighted by molar-refractivity contribution is 0.0696. The molecule has 2 aromatic rings. The molecule has 0 radical (unpaired) electrons. The van der Waals surface area contributed by atoms with Crippen LogP contribution in [0.1, 0.15) is 37.0 Å². The summed E-state index contributed by atoms with van der Waals surface area (Å²) in [7, 11) is 0. The zero-order valence-corrected chi connectivity index (χ0v) is 9.85. The second-order valence-corrected chi connectivity index (χ2v) is 4.78. The molecule has 2 aromatic heterocycles. The molecule has 5 nitrogen and oxygen atoms in total. The molecule has 0 atom stereocenters. The lowest BCUT2D eigenvalue weighted by atomic mass is 9.97. The largest absolute Gasteiger partial charge is 0.478 e. The van der Waals surface area contributed by atoms with Gasteiger partial charge in [0.15, 0.2) is 17.4 Å². The molecule has 0 aliphatic heterocycles. The van der Waals surface area contributed by atoms with Crippen molar-refractivity contribution in [2.75, 3.05) is 0 Å². The molecule has 1 N–H and O–H groups in total. The molecule has 5 heteroatoms. The molecule has 0 unspecified atom stereocenters. The van der Waals surface area contributed by atoms with Crippen molar-refractivity contribution >= 4 is 5.97 Å². The van der Waals surface area contributed by atoms with E-state index in [0.29, 0.717) is 17.4 Å². The Hall–Kier alpha value is -2.04. The molecule has 0 saturated heterocycles. The molecule has 0 aliphatic carbocycles. The maximum atomic E-state index is 10.7. The first-order valence-electron chi connectivity index (χ1n) is 5.16. The number of nitrogens with zero attached hydrogens (tertiary/aromatic N) is 1. The number of aromatic nitrogens is 1. The van der Waals surface area contributed by atoms with E-state index in [1.807, 2.05) is 20.8 Å². The highest BCUT2D eigenvalue weighted by atomic mass is 16.4. The van der Waals surface area contributed by atoms with Crippen molar-refractivity contribution in [1.29, 1.82) is 0 Å². The van der Waals surface area contributed by atoms with Crippen LogP contribution in [0.5, 0.6) is 0 Å². The molecular formula is C12H13NO4. The Labute approximate surface area is 98.1 Å². The summed E-state index contributed by atoms with van der Waals surface area (Å²) in [6, 6.07) is 1.41. The Morgan fingerprint density at radius 2 is 2.06 bits per heavy atom. The number of carboxylic acid groups (broad SMARTS) is 1. The van der Waals surface area contributed by atoms with Crippen LogP contribution in [0.4, 0.5) is 0 Å². The number of oxazole rings is 1. The summed E-state index contributed by atoms with van der Waals surface area (Å²) in [6.07, 6.45) is 2.71. The van der Waals surface area contributed by atoms with Gasteiger partial charge in [0.2, 0.25) is 0 Å². The van der Waals surface area contributed by atoms with Gasteiger partial charge in [0.1, 0.15) is 6.26 Å². The van der Waals surface area contributed by atoms with Crippen molar-refractivity contribution in [3.8, 4) is 11.5 Å². The fourth-order valence-corrected chi connectivity index (χ4v) is 1.31. The fraction of sp³-hybridized carbons (Fsp3) is 0.333. The lowest BCUT2D eigenvalue weighted by Gasteiger charge is -2.11. The van der Waals surface area contributed by atoms with Crippen LogP contribution in [0, 0.1) is 0 Å². The van der Waals surface area contributed by atoms with Gasteiger partial charge in [-0.25, -0.2) is 9.78 Å². The van der Waals surface area contributed by atoms with Crippen LogP contribution in [-0.2, 0) is 5.41 Å². The van der Waals surface area contributed by atoms with Crippen molar-refractivity contribution in [3.63, 3.8) is 0 Å². The van der Waals surface area contributed by atoms with E-state index in [0.717, 1.165) is 0 Å². The summed E-state index contributed by atoms with van der Waals surface area (Å²) in [5.74, 6) is 0.351. The molecule has 2 rings (SSSR count). The molecule has 0 aromatic carbocycles. The molecule has 90 valence electrons. The van der Waals surface area contributed by atoms with E-state index in [-0.39, 0.29) is 11.0 Å². The van der Waals surface area contributed by atoms with E-state index in [1.165, 1.54) is 18.5 Å². The number of carboxylic acids is 1. The SMILES string of the molecule is CC(C)(C)c1ncc(-c2cc(C(=O)O)co2)o1. The zero-order valence-electron chi connectivity index (χ0n) is 9.85. The monoisotopic (exact) mass is 235 g/mol. The van der Waals surface area contributed by atoms with Crippen molar-refractivity contribution in [2.24, 2.45) is 0 Å². The number of furan rings is 1. The van der Waals surface area contributed by atoms with E-state index in [1.54, 1.807) is 0 Å². The topological polar surface area (TPSA) is 76.5 Å². The number of aromatic carboxylic acids is 1.